The third-order valence-electron chi connectivity index (χ3n) is 5.44. The molecule has 0 unspecified atom stereocenters. The molecule has 1 aromatic carbocycles. The predicted molar refractivity (Wildman–Crippen MR) is 110 cm³/mol. The molecule has 0 radical (unpaired) electrons. The fourth-order valence-electron chi connectivity index (χ4n) is 3.77. The molecule has 1 fully saturated rings. The number of hydrogen-bond donors (Lipinski definition) is 0. The van der Waals surface area contributed by atoms with Gasteiger partial charge < -0.3 is 9.64 Å². The van der Waals surface area contributed by atoms with Crippen LogP contribution in [0.1, 0.15) is 64.7 Å². The maximum Gasteiger partial charge on any atom is 0.409 e. The van der Waals surface area contributed by atoms with Gasteiger partial charge in [0.15, 0.2) is 0 Å². The average Bonchev–Trinajstić information content (AvgIpc) is 2.68. The zero-order valence-corrected chi connectivity index (χ0v) is 17.0. The number of benzene rings is 1. The van der Waals surface area contributed by atoms with Gasteiger partial charge in [-0.2, -0.15) is 13.2 Å². The van der Waals surface area contributed by atoms with Crippen LogP contribution < -0.4 is 9.64 Å². The molecule has 1 aliphatic heterocycles. The van der Waals surface area contributed by atoms with Gasteiger partial charge in [-0.05, 0) is 49.1 Å². The molecule has 0 spiro atoms. The maximum atomic E-state index is 12.1. The lowest BCUT2D eigenvalue weighted by Crippen LogP contribution is -2.33. The van der Waals surface area contributed by atoms with Gasteiger partial charge >= 0.3 is 6.18 Å². The van der Waals surface area contributed by atoms with E-state index in [1.165, 1.54) is 57.8 Å². The Labute approximate surface area is 167 Å². The number of halogens is 3. The predicted octanol–water partition coefficient (Wildman–Crippen LogP) is 7.15. The number of piperidine rings is 1. The molecule has 158 valence electrons. The summed E-state index contributed by atoms with van der Waals surface area (Å²) in [6.07, 6.45) is 8.94. The highest BCUT2D eigenvalue weighted by molar-refractivity contribution is 5.49. The highest BCUT2D eigenvalue weighted by atomic mass is 19.4. The Hall–Kier alpha value is -1.65. The van der Waals surface area contributed by atoms with Gasteiger partial charge in [-0.1, -0.05) is 51.9 Å². The van der Waals surface area contributed by atoms with Gasteiger partial charge in [0.1, 0.15) is 12.4 Å². The van der Waals surface area contributed by atoms with Crippen molar-refractivity contribution < 1.29 is 17.9 Å². The monoisotopic (exact) mass is 397 g/mol. The summed E-state index contributed by atoms with van der Waals surface area (Å²) in [7, 11) is 0. The van der Waals surface area contributed by atoms with E-state index in [1.807, 2.05) is 24.3 Å². The van der Waals surface area contributed by atoms with E-state index in [1.54, 1.807) is 0 Å². The van der Waals surface area contributed by atoms with Crippen LogP contribution in [0.2, 0.25) is 0 Å². The standard InChI is InChI=1S/C23H34F3NO/c1-2-3-4-5-6-7-9-20-14-17-27(18-15-20)21-10-12-22(13-11-21)28-19-8-16-23(24,25)26/h8,10-13,16,20H,2-7,9,14-15,17-19H2,1H3. The Bertz CT molecular complexity index is 560. The van der Waals surface area contributed by atoms with Crippen LogP contribution in [-0.2, 0) is 0 Å². The first-order chi connectivity index (χ1) is 13.5. The molecular weight excluding hydrogens is 363 g/mol. The molecule has 1 saturated heterocycles. The van der Waals surface area contributed by atoms with Gasteiger partial charge in [0.05, 0.1) is 0 Å². The lowest BCUT2D eigenvalue weighted by Gasteiger charge is -2.33. The van der Waals surface area contributed by atoms with Crippen LogP contribution >= 0.6 is 0 Å². The molecule has 0 bridgehead atoms. The second-order valence-corrected chi connectivity index (χ2v) is 7.74. The first-order valence-corrected chi connectivity index (χ1v) is 10.7. The van der Waals surface area contributed by atoms with Crippen LogP contribution in [0.15, 0.2) is 36.4 Å². The molecule has 28 heavy (non-hydrogen) atoms. The molecule has 2 nitrogen and oxygen atoms in total. The van der Waals surface area contributed by atoms with E-state index in [2.05, 4.69) is 11.8 Å². The highest BCUT2D eigenvalue weighted by Crippen LogP contribution is 2.28. The van der Waals surface area contributed by atoms with Crippen molar-refractivity contribution in [2.75, 3.05) is 24.6 Å². The van der Waals surface area contributed by atoms with Gasteiger partial charge in [-0.3, -0.25) is 0 Å². The van der Waals surface area contributed by atoms with E-state index in [9.17, 15) is 13.2 Å². The van der Waals surface area contributed by atoms with Crippen LogP contribution in [0.4, 0.5) is 18.9 Å². The Morgan fingerprint density at radius 1 is 1.00 bits per heavy atom. The molecule has 2 rings (SSSR count). The van der Waals surface area contributed by atoms with Crippen molar-refractivity contribution in [1.82, 2.24) is 0 Å². The van der Waals surface area contributed by atoms with E-state index in [-0.39, 0.29) is 12.7 Å². The SMILES string of the molecule is CCCCCCCCC1CCN(c2ccc(OCC=CC(F)(F)F)cc2)CC1. The molecule has 0 aromatic heterocycles. The third kappa shape index (κ3) is 9.03. The summed E-state index contributed by atoms with van der Waals surface area (Å²) < 4.78 is 41.5. The summed E-state index contributed by atoms with van der Waals surface area (Å²) in [6.45, 7) is 4.33. The molecule has 1 aliphatic rings. The van der Waals surface area contributed by atoms with Gasteiger partial charge in [-0.25, -0.2) is 0 Å². The van der Waals surface area contributed by atoms with Gasteiger partial charge in [0.25, 0.3) is 0 Å². The zero-order chi connectivity index (χ0) is 20.2. The second kappa shape index (κ2) is 12.0. The van der Waals surface area contributed by atoms with Crippen LogP contribution in [0.3, 0.4) is 0 Å². The number of rotatable bonds is 11. The van der Waals surface area contributed by atoms with Crippen molar-refractivity contribution >= 4 is 5.69 Å². The van der Waals surface area contributed by atoms with E-state index in [0.29, 0.717) is 5.75 Å². The molecule has 0 atom stereocenters. The van der Waals surface area contributed by atoms with E-state index in [0.717, 1.165) is 30.8 Å². The normalized spacial score (nSPS) is 16.1. The molecule has 1 heterocycles. The Morgan fingerprint density at radius 2 is 1.64 bits per heavy atom. The maximum absolute atomic E-state index is 12.1. The minimum atomic E-state index is -4.28. The Morgan fingerprint density at radius 3 is 2.29 bits per heavy atom. The number of unbranched alkanes of at least 4 members (excludes halogenated alkanes) is 5. The molecule has 1 aromatic rings. The topological polar surface area (TPSA) is 12.5 Å². The van der Waals surface area contributed by atoms with Crippen LogP contribution in [0, 0.1) is 5.92 Å². The summed E-state index contributed by atoms with van der Waals surface area (Å²) in [4.78, 5) is 2.39. The third-order valence-corrected chi connectivity index (χ3v) is 5.44. The second-order valence-electron chi connectivity index (χ2n) is 7.74. The molecule has 0 N–H and O–H groups in total. The lowest BCUT2D eigenvalue weighted by molar-refractivity contribution is -0.0801. The number of hydrogen-bond acceptors (Lipinski definition) is 2. The molecular formula is C23H34F3NO. The highest BCUT2D eigenvalue weighted by Gasteiger charge is 2.21. The van der Waals surface area contributed by atoms with E-state index < -0.39 is 6.18 Å². The summed E-state index contributed by atoms with van der Waals surface area (Å²) >= 11 is 0. The minimum absolute atomic E-state index is 0.0807. The largest absolute Gasteiger partial charge is 0.490 e. The number of anilines is 1. The first-order valence-electron chi connectivity index (χ1n) is 10.7. The van der Waals surface area contributed by atoms with Crippen LogP contribution in [-0.4, -0.2) is 25.9 Å². The molecule has 5 heteroatoms. The van der Waals surface area contributed by atoms with Crippen LogP contribution in [0.25, 0.3) is 0 Å². The Balaban J connectivity index is 1.65. The molecule has 0 aliphatic carbocycles. The number of ether oxygens (including phenoxy) is 1. The van der Waals surface area contributed by atoms with Crippen molar-refractivity contribution in [3.63, 3.8) is 0 Å². The minimum Gasteiger partial charge on any atom is -0.490 e. The van der Waals surface area contributed by atoms with E-state index >= 15 is 0 Å². The van der Waals surface area contributed by atoms with Crippen molar-refractivity contribution in [2.24, 2.45) is 5.92 Å². The Kier molecular flexibility index (Phi) is 9.72. The smallest absolute Gasteiger partial charge is 0.409 e. The fourth-order valence-corrected chi connectivity index (χ4v) is 3.77. The van der Waals surface area contributed by atoms with Crippen molar-refractivity contribution in [1.29, 1.82) is 0 Å². The lowest BCUT2D eigenvalue weighted by atomic mass is 9.91. The molecule has 0 amide bonds. The zero-order valence-electron chi connectivity index (χ0n) is 17.0. The summed E-state index contributed by atoms with van der Waals surface area (Å²) in [5.41, 5.74) is 1.16. The summed E-state index contributed by atoms with van der Waals surface area (Å²) in [6, 6.07) is 7.66. The van der Waals surface area contributed by atoms with Crippen molar-refractivity contribution in [2.45, 2.75) is 70.9 Å². The number of allylic oxidation sites excluding steroid dienone is 1. The van der Waals surface area contributed by atoms with Gasteiger partial charge in [0, 0.05) is 24.9 Å². The van der Waals surface area contributed by atoms with Gasteiger partial charge in [0.2, 0.25) is 0 Å². The summed E-state index contributed by atoms with van der Waals surface area (Å²) in [5, 5.41) is 0. The number of alkyl halides is 3. The quantitative estimate of drug-likeness (QED) is 0.290. The van der Waals surface area contributed by atoms with Gasteiger partial charge in [-0.15, -0.1) is 0 Å². The van der Waals surface area contributed by atoms with E-state index in [4.69, 9.17) is 4.74 Å². The number of nitrogens with zero attached hydrogens (tertiary/aromatic N) is 1. The fraction of sp³-hybridized carbons (Fsp3) is 0.652. The van der Waals surface area contributed by atoms with Crippen LogP contribution in [0.5, 0.6) is 5.75 Å². The van der Waals surface area contributed by atoms with Crippen molar-refractivity contribution in [3.8, 4) is 5.75 Å². The molecule has 0 saturated carbocycles. The first kappa shape index (κ1) is 22.6. The van der Waals surface area contributed by atoms with Crippen molar-refractivity contribution in [3.05, 3.63) is 36.4 Å². The average molecular weight is 398 g/mol. The summed E-state index contributed by atoms with van der Waals surface area (Å²) in [5.74, 6) is 1.44.